The first-order valence-electron chi connectivity index (χ1n) is 4.71. The Morgan fingerprint density at radius 3 is 2.27 bits per heavy atom. The predicted octanol–water partition coefficient (Wildman–Crippen LogP) is 1.37. The summed E-state index contributed by atoms with van der Waals surface area (Å²) in [5.41, 5.74) is 0.981. The fraction of sp³-hybridized carbons (Fsp3) is 0.700. The van der Waals surface area contributed by atoms with Crippen LogP contribution in [0.15, 0.2) is 11.1 Å². The molecule has 0 rings (SSSR count). The standard InChI is InChI=1S/C10H17O4Si/c1-7(9(11)12)8(5-4-6-15)10(13-2)14-3/h10H,4-6H2,1-3H3,(H,11,12). The molecule has 0 aliphatic heterocycles. The van der Waals surface area contributed by atoms with Gasteiger partial charge in [-0.15, -0.1) is 0 Å². The first kappa shape index (κ1) is 14.3. The number of ether oxygens (including phenoxy) is 2. The van der Waals surface area contributed by atoms with Crippen LogP contribution in [0.5, 0.6) is 0 Å². The average molecular weight is 229 g/mol. The molecule has 0 aromatic rings. The van der Waals surface area contributed by atoms with Gasteiger partial charge in [0.05, 0.1) is 0 Å². The van der Waals surface area contributed by atoms with Crippen molar-refractivity contribution in [1.29, 1.82) is 0 Å². The van der Waals surface area contributed by atoms with Gasteiger partial charge >= 0.3 is 5.97 Å². The van der Waals surface area contributed by atoms with Crippen LogP contribution in [-0.2, 0) is 14.3 Å². The molecule has 0 heterocycles. The van der Waals surface area contributed by atoms with Crippen molar-refractivity contribution in [3.8, 4) is 0 Å². The van der Waals surface area contributed by atoms with Crippen LogP contribution in [0.1, 0.15) is 19.8 Å². The van der Waals surface area contributed by atoms with E-state index in [1.165, 1.54) is 14.2 Å². The Kier molecular flexibility index (Phi) is 7.28. The molecule has 3 radical (unpaired) electrons. The van der Waals surface area contributed by atoms with Gasteiger partial charge in [0.25, 0.3) is 0 Å². The van der Waals surface area contributed by atoms with Crippen molar-refractivity contribution in [3.63, 3.8) is 0 Å². The molecule has 4 nitrogen and oxygen atoms in total. The number of carboxylic acid groups (broad SMARTS) is 1. The monoisotopic (exact) mass is 229 g/mol. The summed E-state index contributed by atoms with van der Waals surface area (Å²) >= 11 is 0. The smallest absolute Gasteiger partial charge is 0.331 e. The summed E-state index contributed by atoms with van der Waals surface area (Å²) in [7, 11) is 6.35. The number of rotatable bonds is 7. The Labute approximate surface area is 93.7 Å². The Bertz CT molecular complexity index is 234. The summed E-state index contributed by atoms with van der Waals surface area (Å²) in [4.78, 5) is 10.9. The van der Waals surface area contributed by atoms with Gasteiger partial charge in [-0.05, 0) is 18.9 Å². The molecule has 0 fully saturated rings. The highest BCUT2D eigenvalue weighted by molar-refractivity contribution is 6.08. The van der Waals surface area contributed by atoms with E-state index in [4.69, 9.17) is 14.6 Å². The second kappa shape index (κ2) is 7.61. The van der Waals surface area contributed by atoms with Crippen molar-refractivity contribution in [2.45, 2.75) is 32.1 Å². The highest BCUT2D eigenvalue weighted by atomic mass is 28.1. The molecule has 0 bridgehead atoms. The normalized spacial score (nSPS) is 12.9. The summed E-state index contributed by atoms with van der Waals surface area (Å²) in [6.45, 7) is 1.57. The van der Waals surface area contributed by atoms with E-state index in [0.29, 0.717) is 17.6 Å². The molecule has 85 valence electrons. The molecule has 0 saturated carbocycles. The lowest BCUT2D eigenvalue weighted by Crippen LogP contribution is -2.19. The number of aliphatic carboxylic acids is 1. The van der Waals surface area contributed by atoms with E-state index in [1.54, 1.807) is 6.92 Å². The summed E-state index contributed by atoms with van der Waals surface area (Å²) < 4.78 is 10.1. The van der Waals surface area contributed by atoms with Crippen molar-refractivity contribution >= 4 is 16.2 Å². The fourth-order valence-electron chi connectivity index (χ4n) is 1.28. The highest BCUT2D eigenvalue weighted by Crippen LogP contribution is 2.19. The molecule has 0 saturated heterocycles. The first-order valence-corrected chi connectivity index (χ1v) is 5.42. The predicted molar refractivity (Wildman–Crippen MR) is 57.9 cm³/mol. The quantitative estimate of drug-likeness (QED) is 0.407. The van der Waals surface area contributed by atoms with Crippen LogP contribution in [0, 0.1) is 0 Å². The second-order valence-corrected chi connectivity index (χ2v) is 3.61. The number of carboxylic acids is 1. The highest BCUT2D eigenvalue weighted by Gasteiger charge is 2.18. The molecule has 0 atom stereocenters. The number of hydrogen-bond donors (Lipinski definition) is 1. The van der Waals surface area contributed by atoms with Gasteiger partial charge in [-0.2, -0.15) is 0 Å². The summed E-state index contributed by atoms with van der Waals surface area (Å²) in [5, 5.41) is 8.91. The van der Waals surface area contributed by atoms with E-state index in [-0.39, 0.29) is 0 Å². The zero-order valence-corrected chi connectivity index (χ0v) is 10.4. The Morgan fingerprint density at radius 1 is 1.40 bits per heavy atom. The maximum atomic E-state index is 10.9. The van der Waals surface area contributed by atoms with Crippen LogP contribution in [-0.4, -0.2) is 41.8 Å². The molecule has 0 aliphatic carbocycles. The lowest BCUT2D eigenvalue weighted by atomic mass is 10.0. The lowest BCUT2D eigenvalue weighted by molar-refractivity contribution is -0.133. The Morgan fingerprint density at radius 2 is 1.93 bits per heavy atom. The van der Waals surface area contributed by atoms with E-state index in [1.807, 2.05) is 0 Å². The summed E-state index contributed by atoms with van der Waals surface area (Å²) in [6, 6.07) is 0.816. The molecule has 5 heteroatoms. The van der Waals surface area contributed by atoms with Crippen molar-refractivity contribution in [2.24, 2.45) is 0 Å². The maximum Gasteiger partial charge on any atom is 0.331 e. The van der Waals surface area contributed by atoms with Crippen molar-refractivity contribution in [1.82, 2.24) is 0 Å². The fourth-order valence-corrected chi connectivity index (χ4v) is 1.46. The van der Waals surface area contributed by atoms with Gasteiger partial charge in [-0.25, -0.2) is 4.79 Å². The van der Waals surface area contributed by atoms with Crippen LogP contribution in [0.25, 0.3) is 0 Å². The van der Waals surface area contributed by atoms with Gasteiger partial charge in [0, 0.05) is 30.0 Å². The topological polar surface area (TPSA) is 55.8 Å². The third kappa shape index (κ3) is 4.59. The van der Waals surface area contributed by atoms with E-state index >= 15 is 0 Å². The molecule has 15 heavy (non-hydrogen) atoms. The minimum absolute atomic E-state index is 0.295. The minimum atomic E-state index is -0.932. The zero-order valence-electron chi connectivity index (χ0n) is 9.37. The van der Waals surface area contributed by atoms with Crippen LogP contribution in [0.3, 0.4) is 0 Å². The number of hydrogen-bond acceptors (Lipinski definition) is 3. The maximum absolute atomic E-state index is 10.9. The SMILES string of the molecule is COC(OC)C(CCC[Si])=C(C)C(=O)O. The number of carbonyl (C=O) groups is 1. The molecule has 0 aromatic carbocycles. The second-order valence-electron chi connectivity index (χ2n) is 3.11. The third-order valence-electron chi connectivity index (χ3n) is 2.14. The van der Waals surface area contributed by atoms with Gasteiger partial charge in [-0.1, -0.05) is 12.5 Å². The molecule has 0 aliphatic rings. The average Bonchev–Trinajstić information content (AvgIpc) is 2.23. The third-order valence-corrected chi connectivity index (χ3v) is 2.49. The van der Waals surface area contributed by atoms with Crippen molar-refractivity contribution < 1.29 is 19.4 Å². The molecular weight excluding hydrogens is 212 g/mol. The van der Waals surface area contributed by atoms with Gasteiger partial charge in [0.1, 0.15) is 0 Å². The molecule has 0 unspecified atom stereocenters. The summed E-state index contributed by atoms with van der Waals surface area (Å²) in [6.07, 6.45) is 0.924. The van der Waals surface area contributed by atoms with Crippen LogP contribution in [0.2, 0.25) is 6.04 Å². The first-order chi connectivity index (χ1) is 7.08. The molecule has 0 aromatic heterocycles. The zero-order chi connectivity index (χ0) is 11.8. The van der Waals surface area contributed by atoms with Gasteiger partial charge < -0.3 is 14.6 Å². The largest absolute Gasteiger partial charge is 0.478 e. The molecule has 1 N–H and O–H groups in total. The van der Waals surface area contributed by atoms with E-state index < -0.39 is 12.3 Å². The van der Waals surface area contributed by atoms with Crippen molar-refractivity contribution in [2.75, 3.05) is 14.2 Å². The van der Waals surface area contributed by atoms with Gasteiger partial charge in [0.2, 0.25) is 0 Å². The summed E-state index contributed by atoms with van der Waals surface area (Å²) in [5.74, 6) is -0.932. The Balaban J connectivity index is 4.85. The molecule has 0 spiro atoms. The van der Waals surface area contributed by atoms with Gasteiger partial charge in [-0.3, -0.25) is 0 Å². The van der Waals surface area contributed by atoms with E-state index in [9.17, 15) is 4.79 Å². The minimum Gasteiger partial charge on any atom is -0.478 e. The van der Waals surface area contributed by atoms with Crippen molar-refractivity contribution in [3.05, 3.63) is 11.1 Å². The van der Waals surface area contributed by atoms with Crippen LogP contribution >= 0.6 is 0 Å². The Hall–Kier alpha value is -0.653. The van der Waals surface area contributed by atoms with Crippen LogP contribution < -0.4 is 0 Å². The van der Waals surface area contributed by atoms with E-state index in [0.717, 1.165) is 12.5 Å². The van der Waals surface area contributed by atoms with Gasteiger partial charge in [0.15, 0.2) is 6.29 Å². The lowest BCUT2D eigenvalue weighted by Gasteiger charge is -2.18. The molecule has 0 amide bonds. The van der Waals surface area contributed by atoms with E-state index in [2.05, 4.69) is 10.2 Å². The molecular formula is C10H17O4Si. The van der Waals surface area contributed by atoms with Crippen LogP contribution in [0.4, 0.5) is 0 Å². The number of methoxy groups -OCH3 is 2.